The number of piperidine rings is 1. The molecule has 3 rings (SSSR count). The van der Waals surface area contributed by atoms with Crippen LogP contribution in [0, 0.1) is 15.5 Å². The lowest BCUT2D eigenvalue weighted by molar-refractivity contribution is -0.384. The number of hydrogen-bond acceptors (Lipinski definition) is 5. The van der Waals surface area contributed by atoms with Crippen molar-refractivity contribution in [3.63, 3.8) is 0 Å². The summed E-state index contributed by atoms with van der Waals surface area (Å²) in [6.07, 6.45) is 1.97. The van der Waals surface area contributed by atoms with Gasteiger partial charge >= 0.3 is 0 Å². The molecule has 1 aromatic rings. The summed E-state index contributed by atoms with van der Waals surface area (Å²) in [5.41, 5.74) is 0.653. The zero-order valence-electron chi connectivity index (χ0n) is 14.0. The summed E-state index contributed by atoms with van der Waals surface area (Å²) < 4.78 is 0. The molecule has 0 aliphatic carbocycles. The maximum Gasteiger partial charge on any atom is 0.271 e. The Balaban J connectivity index is 1.62. The molecule has 0 saturated carbocycles. The molecule has 2 fully saturated rings. The van der Waals surface area contributed by atoms with Gasteiger partial charge in [0.25, 0.3) is 5.69 Å². The quantitative estimate of drug-likeness (QED) is 0.672. The van der Waals surface area contributed by atoms with Crippen molar-refractivity contribution in [3.05, 3.63) is 34.4 Å². The first-order valence-electron chi connectivity index (χ1n) is 8.49. The fourth-order valence-electron chi connectivity index (χ4n) is 3.59. The summed E-state index contributed by atoms with van der Waals surface area (Å²) in [7, 11) is 0. The van der Waals surface area contributed by atoms with E-state index >= 15 is 0 Å². The van der Waals surface area contributed by atoms with Gasteiger partial charge in [0.05, 0.1) is 10.3 Å². The average molecular weight is 332 g/mol. The molecule has 0 spiro atoms. The molecule has 7 heteroatoms. The van der Waals surface area contributed by atoms with E-state index in [-0.39, 0.29) is 21.9 Å². The molecular formula is C17H24N4O3. The van der Waals surface area contributed by atoms with Crippen molar-refractivity contribution in [1.29, 1.82) is 0 Å². The molecule has 1 atom stereocenters. The lowest BCUT2D eigenvalue weighted by Gasteiger charge is -2.42. The van der Waals surface area contributed by atoms with Gasteiger partial charge in [0.2, 0.25) is 5.91 Å². The van der Waals surface area contributed by atoms with E-state index in [0.29, 0.717) is 26.2 Å². The predicted molar refractivity (Wildman–Crippen MR) is 92.1 cm³/mol. The second-order valence-electron chi connectivity index (χ2n) is 6.90. The number of carbonyl (C=O) groups excluding carboxylic acids is 1. The van der Waals surface area contributed by atoms with Gasteiger partial charge < -0.3 is 15.1 Å². The number of benzene rings is 1. The Morgan fingerprint density at radius 3 is 2.67 bits per heavy atom. The van der Waals surface area contributed by atoms with Crippen LogP contribution in [0.5, 0.6) is 0 Å². The number of nitro benzene ring substituents is 1. The number of nitrogens with zero attached hydrogens (tertiary/aromatic N) is 3. The molecular weight excluding hydrogens is 308 g/mol. The van der Waals surface area contributed by atoms with E-state index in [1.54, 1.807) is 12.1 Å². The monoisotopic (exact) mass is 332 g/mol. The first-order valence-corrected chi connectivity index (χ1v) is 8.49. The Morgan fingerprint density at radius 1 is 1.29 bits per heavy atom. The Labute approximate surface area is 141 Å². The number of nitrogens with one attached hydrogen (secondary N) is 1. The maximum absolute atomic E-state index is 12.8. The lowest BCUT2D eigenvalue weighted by Crippen LogP contribution is -2.55. The molecule has 7 nitrogen and oxygen atoms in total. The Bertz CT molecular complexity index is 620. The van der Waals surface area contributed by atoms with Crippen molar-refractivity contribution in [1.82, 2.24) is 10.2 Å². The summed E-state index contributed by atoms with van der Waals surface area (Å²) in [5, 5.41) is 14.2. The van der Waals surface area contributed by atoms with E-state index in [1.807, 2.05) is 11.0 Å². The Morgan fingerprint density at radius 2 is 2.04 bits per heavy atom. The van der Waals surface area contributed by atoms with Crippen LogP contribution in [0.1, 0.15) is 19.8 Å². The van der Waals surface area contributed by atoms with Crippen LogP contribution in [-0.2, 0) is 4.79 Å². The van der Waals surface area contributed by atoms with Crippen molar-refractivity contribution in [2.24, 2.45) is 5.41 Å². The van der Waals surface area contributed by atoms with Gasteiger partial charge in [0.15, 0.2) is 0 Å². The van der Waals surface area contributed by atoms with Gasteiger partial charge in [-0.15, -0.1) is 0 Å². The molecule has 130 valence electrons. The van der Waals surface area contributed by atoms with Crippen LogP contribution < -0.4 is 10.2 Å². The van der Waals surface area contributed by atoms with Crippen molar-refractivity contribution < 1.29 is 9.72 Å². The molecule has 2 aliphatic rings. The van der Waals surface area contributed by atoms with Gasteiger partial charge in [-0.3, -0.25) is 14.9 Å². The first kappa shape index (κ1) is 16.7. The van der Waals surface area contributed by atoms with Gasteiger partial charge in [-0.05, 0) is 32.4 Å². The maximum atomic E-state index is 12.8. The molecule has 24 heavy (non-hydrogen) atoms. The molecule has 2 saturated heterocycles. The normalized spacial score (nSPS) is 24.7. The van der Waals surface area contributed by atoms with Crippen LogP contribution >= 0.6 is 0 Å². The SMILES string of the molecule is CC1(C(=O)N2CCN(c3cccc([N+](=O)[O-])c3)CC2)CCCNC1. The van der Waals surface area contributed by atoms with Gasteiger partial charge in [-0.25, -0.2) is 0 Å². The largest absolute Gasteiger partial charge is 0.368 e. The molecule has 2 aliphatic heterocycles. The molecule has 1 unspecified atom stereocenters. The number of hydrogen-bond donors (Lipinski definition) is 1. The van der Waals surface area contributed by atoms with Crippen LogP contribution in [0.15, 0.2) is 24.3 Å². The van der Waals surface area contributed by atoms with Crippen molar-refractivity contribution >= 4 is 17.3 Å². The highest BCUT2D eigenvalue weighted by molar-refractivity contribution is 5.83. The third-order valence-electron chi connectivity index (χ3n) is 5.09. The molecule has 2 heterocycles. The van der Waals surface area contributed by atoms with Crippen LogP contribution in [0.25, 0.3) is 0 Å². The van der Waals surface area contributed by atoms with E-state index in [4.69, 9.17) is 0 Å². The number of nitro groups is 1. The van der Waals surface area contributed by atoms with Crippen LogP contribution in [-0.4, -0.2) is 55.0 Å². The topological polar surface area (TPSA) is 78.7 Å². The fourth-order valence-corrected chi connectivity index (χ4v) is 3.59. The third kappa shape index (κ3) is 3.36. The minimum Gasteiger partial charge on any atom is -0.368 e. The predicted octanol–water partition coefficient (Wildman–Crippen LogP) is 1.63. The fraction of sp³-hybridized carbons (Fsp3) is 0.588. The summed E-state index contributed by atoms with van der Waals surface area (Å²) in [6, 6.07) is 6.70. The third-order valence-corrected chi connectivity index (χ3v) is 5.09. The highest BCUT2D eigenvalue weighted by atomic mass is 16.6. The summed E-state index contributed by atoms with van der Waals surface area (Å²) >= 11 is 0. The number of rotatable bonds is 3. The van der Waals surface area contributed by atoms with E-state index < -0.39 is 0 Å². The van der Waals surface area contributed by atoms with E-state index in [2.05, 4.69) is 17.1 Å². The molecule has 1 aromatic carbocycles. The van der Waals surface area contributed by atoms with Gasteiger partial charge in [-0.2, -0.15) is 0 Å². The van der Waals surface area contributed by atoms with E-state index in [0.717, 1.165) is 31.6 Å². The van der Waals surface area contributed by atoms with Crippen molar-refractivity contribution in [2.45, 2.75) is 19.8 Å². The molecule has 1 amide bonds. The van der Waals surface area contributed by atoms with Crippen LogP contribution in [0.3, 0.4) is 0 Å². The second kappa shape index (κ2) is 6.76. The number of amides is 1. The van der Waals surface area contributed by atoms with Crippen molar-refractivity contribution in [2.75, 3.05) is 44.2 Å². The highest BCUT2D eigenvalue weighted by Crippen LogP contribution is 2.29. The average Bonchev–Trinajstić information content (AvgIpc) is 2.62. The van der Waals surface area contributed by atoms with Crippen LogP contribution in [0.2, 0.25) is 0 Å². The highest BCUT2D eigenvalue weighted by Gasteiger charge is 2.38. The molecule has 0 bridgehead atoms. The second-order valence-corrected chi connectivity index (χ2v) is 6.90. The Hall–Kier alpha value is -2.15. The lowest BCUT2D eigenvalue weighted by atomic mass is 9.81. The number of anilines is 1. The zero-order valence-corrected chi connectivity index (χ0v) is 14.0. The van der Waals surface area contributed by atoms with Gasteiger partial charge in [-0.1, -0.05) is 6.07 Å². The van der Waals surface area contributed by atoms with Crippen LogP contribution in [0.4, 0.5) is 11.4 Å². The Kier molecular flexibility index (Phi) is 4.71. The van der Waals surface area contributed by atoms with E-state index in [1.165, 1.54) is 6.07 Å². The summed E-state index contributed by atoms with van der Waals surface area (Å²) in [4.78, 5) is 27.4. The first-order chi connectivity index (χ1) is 11.5. The minimum atomic E-state index is -0.375. The number of non-ortho nitro benzene ring substituents is 1. The van der Waals surface area contributed by atoms with Gasteiger partial charge in [0.1, 0.15) is 0 Å². The standard InChI is InChI=1S/C17H24N4O3/c1-17(6-3-7-18-13-17)16(22)20-10-8-19(9-11-20)14-4-2-5-15(12-14)21(23)24/h2,4-5,12,18H,3,6-11,13H2,1H3. The molecule has 0 aromatic heterocycles. The number of carbonyl (C=O) groups is 1. The number of piperazine rings is 1. The smallest absolute Gasteiger partial charge is 0.271 e. The zero-order chi connectivity index (χ0) is 17.2. The molecule has 0 radical (unpaired) electrons. The summed E-state index contributed by atoms with van der Waals surface area (Å²) in [5.74, 6) is 0.230. The minimum absolute atomic E-state index is 0.104. The summed E-state index contributed by atoms with van der Waals surface area (Å²) in [6.45, 7) is 6.52. The van der Waals surface area contributed by atoms with Crippen molar-refractivity contribution in [3.8, 4) is 0 Å². The van der Waals surface area contributed by atoms with Gasteiger partial charge in [0, 0.05) is 50.5 Å². The molecule has 1 N–H and O–H groups in total. The van der Waals surface area contributed by atoms with E-state index in [9.17, 15) is 14.9 Å².